The molecule has 0 unspecified atom stereocenters. The van der Waals surface area contributed by atoms with Crippen LogP contribution in [-0.2, 0) is 4.79 Å². The van der Waals surface area contributed by atoms with E-state index in [0.29, 0.717) is 18.7 Å². The van der Waals surface area contributed by atoms with E-state index in [1.54, 1.807) is 36.7 Å². The number of carbonyl (C=O) groups is 2. The monoisotopic (exact) mass is 411 g/mol. The van der Waals surface area contributed by atoms with Crippen molar-refractivity contribution in [3.8, 4) is 5.75 Å². The van der Waals surface area contributed by atoms with Crippen LogP contribution in [0, 0.1) is 0 Å². The lowest BCUT2D eigenvalue weighted by Gasteiger charge is -2.34. The molecule has 30 heavy (non-hydrogen) atoms. The molecule has 0 atom stereocenters. The number of benzene rings is 1. The molecule has 1 aromatic carbocycles. The molecule has 8 heteroatoms. The number of rotatable bonds is 10. The van der Waals surface area contributed by atoms with Gasteiger partial charge in [0.2, 0.25) is 11.9 Å². The van der Waals surface area contributed by atoms with Crippen molar-refractivity contribution in [3.63, 3.8) is 0 Å². The number of nitrogens with one attached hydrogen (secondary N) is 1. The summed E-state index contributed by atoms with van der Waals surface area (Å²) >= 11 is 0. The zero-order valence-corrected chi connectivity index (χ0v) is 17.4. The molecule has 0 saturated carbocycles. The Balaban J connectivity index is 1.30. The van der Waals surface area contributed by atoms with E-state index in [9.17, 15) is 9.59 Å². The lowest BCUT2D eigenvalue weighted by Crippen LogP contribution is -2.49. The zero-order valence-electron chi connectivity index (χ0n) is 17.4. The van der Waals surface area contributed by atoms with E-state index in [4.69, 9.17) is 4.74 Å². The van der Waals surface area contributed by atoms with Crippen LogP contribution in [0.1, 0.15) is 30.1 Å². The van der Waals surface area contributed by atoms with Gasteiger partial charge in [-0.25, -0.2) is 9.97 Å². The van der Waals surface area contributed by atoms with Crippen LogP contribution in [0.4, 0.5) is 5.95 Å². The maximum atomic E-state index is 12.2. The highest BCUT2D eigenvalue weighted by molar-refractivity contribution is 5.98. The first-order valence-electron chi connectivity index (χ1n) is 10.4. The number of ketones is 1. The van der Waals surface area contributed by atoms with Gasteiger partial charge in [0.1, 0.15) is 5.75 Å². The second kappa shape index (κ2) is 11.3. The van der Waals surface area contributed by atoms with Crippen molar-refractivity contribution in [2.24, 2.45) is 0 Å². The molecule has 160 valence electrons. The van der Waals surface area contributed by atoms with Gasteiger partial charge in [-0.2, -0.15) is 0 Å². The maximum absolute atomic E-state index is 12.2. The third-order valence-electron chi connectivity index (χ3n) is 5.02. The number of nitrogens with zero attached hydrogens (tertiary/aromatic N) is 4. The van der Waals surface area contributed by atoms with Crippen LogP contribution in [-0.4, -0.2) is 72.4 Å². The molecule has 1 aliphatic rings. The average Bonchev–Trinajstić information content (AvgIpc) is 2.79. The largest absolute Gasteiger partial charge is 0.494 e. The first kappa shape index (κ1) is 21.7. The number of carbonyl (C=O) groups excluding carboxylic acids is 2. The summed E-state index contributed by atoms with van der Waals surface area (Å²) in [6.07, 6.45) is 3.91. The third kappa shape index (κ3) is 6.52. The molecule has 8 nitrogen and oxygen atoms in total. The Hall–Kier alpha value is -3.00. The van der Waals surface area contributed by atoms with Crippen LogP contribution in [0.3, 0.4) is 0 Å². The summed E-state index contributed by atoms with van der Waals surface area (Å²) in [6, 6.07) is 8.85. The van der Waals surface area contributed by atoms with Gasteiger partial charge in [-0.3, -0.25) is 14.5 Å². The van der Waals surface area contributed by atoms with Gasteiger partial charge in [0.05, 0.1) is 6.61 Å². The summed E-state index contributed by atoms with van der Waals surface area (Å²) in [6.45, 7) is 7.43. The Labute approximate surface area is 177 Å². The number of amides is 1. The van der Waals surface area contributed by atoms with Crippen molar-refractivity contribution >= 4 is 17.6 Å². The molecule has 1 aliphatic heterocycles. The number of Topliss-reactive ketones (excluding diaryl/α,β-unsaturated/α-hetero) is 1. The minimum atomic E-state index is -0.0920. The molecule has 3 rings (SSSR count). The van der Waals surface area contributed by atoms with E-state index in [1.165, 1.54) is 0 Å². The normalized spacial score (nSPS) is 14.4. The van der Waals surface area contributed by atoms with Crippen LogP contribution < -0.4 is 15.0 Å². The number of anilines is 1. The molecule has 0 aliphatic carbocycles. The Morgan fingerprint density at radius 2 is 1.73 bits per heavy atom. The predicted molar refractivity (Wildman–Crippen MR) is 115 cm³/mol. The van der Waals surface area contributed by atoms with E-state index < -0.39 is 0 Å². The average molecular weight is 412 g/mol. The van der Waals surface area contributed by atoms with Gasteiger partial charge in [0.25, 0.3) is 0 Å². The van der Waals surface area contributed by atoms with E-state index in [2.05, 4.69) is 25.1 Å². The fourth-order valence-corrected chi connectivity index (χ4v) is 3.34. The molecule has 0 bridgehead atoms. The van der Waals surface area contributed by atoms with Gasteiger partial charge in [-0.05, 0) is 37.3 Å². The zero-order chi connectivity index (χ0) is 21.2. The lowest BCUT2D eigenvalue weighted by molar-refractivity contribution is -0.121. The molecule has 0 spiro atoms. The quantitative estimate of drug-likeness (QED) is 0.596. The SMILES string of the molecule is CCOc1ccc(C(=O)CCC(=O)NCCN2CCN(c3ncccn3)CC2)cc1. The van der Waals surface area contributed by atoms with E-state index in [1.807, 2.05) is 13.0 Å². The van der Waals surface area contributed by atoms with E-state index >= 15 is 0 Å². The van der Waals surface area contributed by atoms with Gasteiger partial charge in [-0.15, -0.1) is 0 Å². The minimum absolute atomic E-state index is 0.0348. The highest BCUT2D eigenvalue weighted by Gasteiger charge is 2.18. The Morgan fingerprint density at radius 1 is 1.03 bits per heavy atom. The van der Waals surface area contributed by atoms with Crippen LogP contribution in [0.25, 0.3) is 0 Å². The molecule has 1 amide bonds. The lowest BCUT2D eigenvalue weighted by atomic mass is 10.1. The topological polar surface area (TPSA) is 87.7 Å². The fourth-order valence-electron chi connectivity index (χ4n) is 3.34. The van der Waals surface area contributed by atoms with Gasteiger partial charge < -0.3 is 15.0 Å². The number of aromatic nitrogens is 2. The first-order chi connectivity index (χ1) is 14.7. The molecule has 1 aromatic heterocycles. The summed E-state index contributed by atoms with van der Waals surface area (Å²) in [5.74, 6) is 1.38. The summed E-state index contributed by atoms with van der Waals surface area (Å²) in [5.41, 5.74) is 0.603. The van der Waals surface area contributed by atoms with Crippen molar-refractivity contribution in [2.75, 3.05) is 50.8 Å². The first-order valence-corrected chi connectivity index (χ1v) is 10.4. The van der Waals surface area contributed by atoms with Crippen molar-refractivity contribution in [3.05, 3.63) is 48.3 Å². The highest BCUT2D eigenvalue weighted by atomic mass is 16.5. The van der Waals surface area contributed by atoms with Crippen LogP contribution in [0.2, 0.25) is 0 Å². The Bertz CT molecular complexity index is 805. The second-order valence-corrected chi connectivity index (χ2v) is 7.11. The smallest absolute Gasteiger partial charge is 0.225 e. The van der Waals surface area contributed by atoms with Crippen LogP contribution in [0.5, 0.6) is 5.75 Å². The van der Waals surface area contributed by atoms with Crippen LogP contribution >= 0.6 is 0 Å². The summed E-state index contributed by atoms with van der Waals surface area (Å²) < 4.78 is 5.37. The van der Waals surface area contributed by atoms with Gasteiger partial charge in [0, 0.05) is 70.1 Å². The molecule has 1 N–H and O–H groups in total. The maximum Gasteiger partial charge on any atom is 0.225 e. The molecule has 0 radical (unpaired) electrons. The molecule has 1 saturated heterocycles. The number of ether oxygens (including phenoxy) is 1. The van der Waals surface area contributed by atoms with Gasteiger partial charge in [0.15, 0.2) is 5.78 Å². The highest BCUT2D eigenvalue weighted by Crippen LogP contribution is 2.14. The van der Waals surface area contributed by atoms with Crippen molar-refractivity contribution in [1.82, 2.24) is 20.2 Å². The predicted octanol–water partition coefficient (Wildman–Crippen LogP) is 1.78. The summed E-state index contributed by atoms with van der Waals surface area (Å²) in [4.78, 5) is 37.4. The molecule has 2 heterocycles. The molecule has 1 fully saturated rings. The van der Waals surface area contributed by atoms with E-state index in [0.717, 1.165) is 44.4 Å². The third-order valence-corrected chi connectivity index (χ3v) is 5.02. The molecule has 2 aromatic rings. The number of hydrogen-bond acceptors (Lipinski definition) is 7. The molecular weight excluding hydrogens is 382 g/mol. The molecular formula is C22H29N5O3. The number of hydrogen-bond donors (Lipinski definition) is 1. The van der Waals surface area contributed by atoms with Crippen molar-refractivity contribution in [2.45, 2.75) is 19.8 Å². The van der Waals surface area contributed by atoms with Gasteiger partial charge in [-0.1, -0.05) is 0 Å². The number of piperazine rings is 1. The van der Waals surface area contributed by atoms with Crippen molar-refractivity contribution < 1.29 is 14.3 Å². The minimum Gasteiger partial charge on any atom is -0.494 e. The standard InChI is InChI=1S/C22H29N5O3/c1-2-30-19-6-4-18(5-7-19)20(28)8-9-21(29)23-12-13-26-14-16-27(17-15-26)22-24-10-3-11-25-22/h3-7,10-11H,2,8-9,12-17H2,1H3,(H,23,29). The summed E-state index contributed by atoms with van der Waals surface area (Å²) in [7, 11) is 0. The van der Waals surface area contributed by atoms with Gasteiger partial charge >= 0.3 is 0 Å². The second-order valence-electron chi connectivity index (χ2n) is 7.11. The van der Waals surface area contributed by atoms with E-state index in [-0.39, 0.29) is 24.5 Å². The summed E-state index contributed by atoms with van der Waals surface area (Å²) in [5, 5.41) is 2.91. The fraction of sp³-hybridized carbons (Fsp3) is 0.455. The Morgan fingerprint density at radius 3 is 2.40 bits per heavy atom. The van der Waals surface area contributed by atoms with Crippen LogP contribution in [0.15, 0.2) is 42.7 Å². The van der Waals surface area contributed by atoms with Crippen molar-refractivity contribution in [1.29, 1.82) is 0 Å². The Kier molecular flexibility index (Phi) is 8.14.